The number of benzene rings is 1. The second kappa shape index (κ2) is 4.66. The van der Waals surface area contributed by atoms with E-state index in [1.807, 2.05) is 12.1 Å². The molecular formula is C13H14ClN5. The van der Waals surface area contributed by atoms with E-state index >= 15 is 0 Å². The van der Waals surface area contributed by atoms with E-state index in [0.717, 1.165) is 18.5 Å². The third kappa shape index (κ3) is 2.21. The van der Waals surface area contributed by atoms with Gasteiger partial charge in [-0.2, -0.15) is 15.0 Å². The molecule has 0 saturated carbocycles. The molecule has 1 aliphatic rings. The Morgan fingerprint density at radius 1 is 1.26 bits per heavy atom. The van der Waals surface area contributed by atoms with Crippen molar-refractivity contribution in [3.8, 4) is 0 Å². The summed E-state index contributed by atoms with van der Waals surface area (Å²) in [5.74, 6) is 0.655. The van der Waals surface area contributed by atoms with Gasteiger partial charge in [-0.3, -0.25) is 0 Å². The minimum absolute atomic E-state index is 0.123. The zero-order valence-corrected chi connectivity index (χ0v) is 11.3. The second-order valence-corrected chi connectivity index (χ2v) is 4.99. The van der Waals surface area contributed by atoms with E-state index in [1.165, 1.54) is 5.56 Å². The Morgan fingerprint density at radius 3 is 2.84 bits per heavy atom. The Hall–Kier alpha value is -1.88. The molecule has 19 heavy (non-hydrogen) atoms. The zero-order chi connectivity index (χ0) is 13.4. The highest BCUT2D eigenvalue weighted by Gasteiger charge is 2.26. The fraction of sp³-hybridized carbons (Fsp3) is 0.308. The van der Waals surface area contributed by atoms with Gasteiger partial charge in [0.05, 0.1) is 0 Å². The van der Waals surface area contributed by atoms with Crippen LogP contribution in [0.5, 0.6) is 0 Å². The van der Waals surface area contributed by atoms with Gasteiger partial charge >= 0.3 is 0 Å². The summed E-state index contributed by atoms with van der Waals surface area (Å²) in [5.41, 5.74) is 8.06. The molecule has 2 heterocycles. The fourth-order valence-corrected chi connectivity index (χ4v) is 2.62. The summed E-state index contributed by atoms with van der Waals surface area (Å²) in [5, 5.41) is 0.123. The van der Waals surface area contributed by atoms with E-state index in [0.29, 0.717) is 12.0 Å². The predicted molar refractivity (Wildman–Crippen MR) is 75.6 cm³/mol. The van der Waals surface area contributed by atoms with Crippen LogP contribution in [-0.2, 0) is 6.42 Å². The Kier molecular flexibility index (Phi) is 2.98. The first-order valence-electron chi connectivity index (χ1n) is 6.19. The van der Waals surface area contributed by atoms with Crippen LogP contribution in [0.2, 0.25) is 5.28 Å². The molecule has 3 rings (SSSR count). The quantitative estimate of drug-likeness (QED) is 0.866. The van der Waals surface area contributed by atoms with E-state index in [1.54, 1.807) is 0 Å². The number of nitrogen functional groups attached to an aromatic ring is 1. The molecule has 1 unspecified atom stereocenters. The molecule has 1 aliphatic heterocycles. The number of hydrogen-bond acceptors (Lipinski definition) is 5. The van der Waals surface area contributed by atoms with Gasteiger partial charge in [-0.15, -0.1) is 0 Å². The first-order chi connectivity index (χ1) is 9.15. The lowest BCUT2D eigenvalue weighted by Crippen LogP contribution is -2.34. The molecule has 1 aromatic carbocycles. The SMILES string of the molecule is CC1CCc2ccccc2N1c1nc(N)nc(Cl)n1. The largest absolute Gasteiger partial charge is 0.368 e. The van der Waals surface area contributed by atoms with Crippen LogP contribution in [0.4, 0.5) is 17.6 Å². The predicted octanol–water partition coefficient (Wildman–Crippen LogP) is 2.58. The highest BCUT2D eigenvalue weighted by Crippen LogP contribution is 2.35. The smallest absolute Gasteiger partial charge is 0.236 e. The van der Waals surface area contributed by atoms with Crippen molar-refractivity contribution in [3.63, 3.8) is 0 Å². The van der Waals surface area contributed by atoms with Crippen molar-refractivity contribution in [1.82, 2.24) is 15.0 Å². The molecule has 0 bridgehead atoms. The van der Waals surface area contributed by atoms with Crippen molar-refractivity contribution in [1.29, 1.82) is 0 Å². The second-order valence-electron chi connectivity index (χ2n) is 4.65. The number of nitrogens with two attached hydrogens (primary N) is 1. The van der Waals surface area contributed by atoms with Gasteiger partial charge in [0.15, 0.2) is 0 Å². The van der Waals surface area contributed by atoms with Crippen LogP contribution >= 0.6 is 11.6 Å². The Labute approximate surface area is 116 Å². The molecule has 0 radical (unpaired) electrons. The molecule has 0 fully saturated rings. The molecule has 0 saturated heterocycles. The maximum atomic E-state index is 5.88. The molecule has 0 aliphatic carbocycles. The Balaban J connectivity index is 2.13. The topological polar surface area (TPSA) is 67.9 Å². The number of hydrogen-bond donors (Lipinski definition) is 1. The first-order valence-corrected chi connectivity index (χ1v) is 6.57. The molecule has 1 atom stereocenters. The fourth-order valence-electron chi connectivity index (χ4n) is 2.46. The standard InChI is InChI=1S/C13H14ClN5/c1-8-6-7-9-4-2-3-5-10(9)19(8)13-17-11(14)16-12(15)18-13/h2-5,8H,6-7H2,1H3,(H2,15,16,17,18). The molecule has 5 nitrogen and oxygen atoms in total. The van der Waals surface area contributed by atoms with Crippen LogP contribution in [0.25, 0.3) is 0 Å². The number of halogens is 1. The molecule has 2 aromatic rings. The van der Waals surface area contributed by atoms with Crippen molar-refractivity contribution in [2.24, 2.45) is 0 Å². The number of anilines is 3. The summed E-state index contributed by atoms with van der Waals surface area (Å²) < 4.78 is 0. The average molecular weight is 276 g/mol. The maximum Gasteiger partial charge on any atom is 0.236 e. The lowest BCUT2D eigenvalue weighted by atomic mass is 9.97. The first kappa shape index (κ1) is 12.2. The van der Waals surface area contributed by atoms with Gasteiger partial charge in [0, 0.05) is 11.7 Å². The van der Waals surface area contributed by atoms with Crippen LogP contribution < -0.4 is 10.6 Å². The van der Waals surface area contributed by atoms with Crippen LogP contribution in [-0.4, -0.2) is 21.0 Å². The highest BCUT2D eigenvalue weighted by molar-refractivity contribution is 6.28. The summed E-state index contributed by atoms with van der Waals surface area (Å²) >= 11 is 5.88. The normalized spacial score (nSPS) is 18.2. The van der Waals surface area contributed by atoms with Gasteiger partial charge in [-0.1, -0.05) is 18.2 Å². The minimum Gasteiger partial charge on any atom is -0.368 e. The van der Waals surface area contributed by atoms with Gasteiger partial charge in [0.2, 0.25) is 17.2 Å². The third-order valence-corrected chi connectivity index (χ3v) is 3.52. The summed E-state index contributed by atoms with van der Waals surface area (Å²) in [4.78, 5) is 14.3. The number of nitrogens with zero attached hydrogens (tertiary/aromatic N) is 4. The summed E-state index contributed by atoms with van der Waals surface area (Å²) in [6, 6.07) is 8.55. The monoisotopic (exact) mass is 275 g/mol. The van der Waals surface area contributed by atoms with Gasteiger partial charge in [0.1, 0.15) is 0 Å². The van der Waals surface area contributed by atoms with Gasteiger partial charge in [0.25, 0.3) is 0 Å². The van der Waals surface area contributed by atoms with Crippen molar-refractivity contribution >= 4 is 29.2 Å². The zero-order valence-electron chi connectivity index (χ0n) is 10.5. The summed E-state index contributed by atoms with van der Waals surface area (Å²) in [7, 11) is 0. The van der Waals surface area contributed by atoms with Crippen LogP contribution in [0.3, 0.4) is 0 Å². The lowest BCUT2D eigenvalue weighted by Gasteiger charge is -2.35. The molecule has 2 N–H and O–H groups in total. The van der Waals surface area contributed by atoms with E-state index < -0.39 is 0 Å². The Bertz CT molecular complexity index is 595. The summed E-state index contributed by atoms with van der Waals surface area (Å²) in [6.07, 6.45) is 2.10. The molecule has 0 amide bonds. The minimum atomic E-state index is 0.123. The van der Waals surface area contributed by atoms with Gasteiger partial charge in [-0.25, -0.2) is 0 Å². The third-order valence-electron chi connectivity index (χ3n) is 3.35. The van der Waals surface area contributed by atoms with E-state index in [9.17, 15) is 0 Å². The Morgan fingerprint density at radius 2 is 2.05 bits per heavy atom. The van der Waals surface area contributed by atoms with Crippen molar-refractivity contribution in [3.05, 3.63) is 35.1 Å². The number of rotatable bonds is 1. The van der Waals surface area contributed by atoms with Crippen LogP contribution in [0, 0.1) is 0 Å². The summed E-state index contributed by atoms with van der Waals surface area (Å²) in [6.45, 7) is 2.14. The lowest BCUT2D eigenvalue weighted by molar-refractivity contribution is 0.607. The molecule has 1 aromatic heterocycles. The number of aryl methyl sites for hydroxylation is 1. The van der Waals surface area contributed by atoms with Crippen molar-refractivity contribution in [2.45, 2.75) is 25.8 Å². The van der Waals surface area contributed by atoms with E-state index in [2.05, 4.69) is 38.9 Å². The van der Waals surface area contributed by atoms with E-state index in [4.69, 9.17) is 17.3 Å². The molecule has 98 valence electrons. The van der Waals surface area contributed by atoms with Crippen LogP contribution in [0.15, 0.2) is 24.3 Å². The number of para-hydroxylation sites is 1. The average Bonchev–Trinajstić information content (AvgIpc) is 2.37. The van der Waals surface area contributed by atoms with Crippen molar-refractivity contribution in [2.75, 3.05) is 10.6 Å². The number of fused-ring (bicyclic) bond motifs is 1. The maximum absolute atomic E-state index is 5.88. The van der Waals surface area contributed by atoms with Gasteiger partial charge in [-0.05, 0) is 43.0 Å². The van der Waals surface area contributed by atoms with Gasteiger partial charge < -0.3 is 10.6 Å². The number of aromatic nitrogens is 3. The van der Waals surface area contributed by atoms with Crippen molar-refractivity contribution < 1.29 is 0 Å². The molecule has 6 heteroatoms. The molecular weight excluding hydrogens is 262 g/mol. The van der Waals surface area contributed by atoms with E-state index in [-0.39, 0.29) is 11.2 Å². The van der Waals surface area contributed by atoms with Crippen LogP contribution in [0.1, 0.15) is 18.9 Å². The highest BCUT2D eigenvalue weighted by atomic mass is 35.5. The molecule has 0 spiro atoms.